The summed E-state index contributed by atoms with van der Waals surface area (Å²) in [6.07, 6.45) is 0. The van der Waals surface area contributed by atoms with Crippen LogP contribution in [0.4, 0.5) is 4.39 Å². The van der Waals surface area contributed by atoms with Crippen LogP contribution in [0, 0.1) is 5.82 Å². The quantitative estimate of drug-likeness (QED) is 0.734. The van der Waals surface area contributed by atoms with Crippen LogP contribution in [0.5, 0.6) is 0 Å². The van der Waals surface area contributed by atoms with Crippen molar-refractivity contribution in [3.8, 4) is 0 Å². The molecule has 1 aliphatic rings. The zero-order valence-electron chi connectivity index (χ0n) is 7.83. The molecule has 3 nitrogen and oxygen atoms in total. The molecule has 0 fully saturated rings. The van der Waals surface area contributed by atoms with E-state index in [9.17, 15) is 4.39 Å². The molecule has 4 heteroatoms. The molecule has 74 valence electrons. The highest BCUT2D eigenvalue weighted by molar-refractivity contribution is 5.74. The Balaban J connectivity index is 2.45. The van der Waals surface area contributed by atoms with Crippen molar-refractivity contribution in [2.45, 2.75) is 12.5 Å². The highest BCUT2D eigenvalue weighted by atomic mass is 19.1. The van der Waals surface area contributed by atoms with Gasteiger partial charge in [-0.2, -0.15) is 0 Å². The molecule has 0 saturated carbocycles. The molecule has 0 unspecified atom stereocenters. The highest BCUT2D eigenvalue weighted by Gasteiger charge is 2.34. The van der Waals surface area contributed by atoms with Gasteiger partial charge in [-0.05, 0) is 13.0 Å². The Hall–Kier alpha value is -1.58. The summed E-state index contributed by atoms with van der Waals surface area (Å²) >= 11 is 0. The van der Waals surface area contributed by atoms with Gasteiger partial charge in [-0.15, -0.1) is 0 Å². The van der Waals surface area contributed by atoms with Crippen LogP contribution >= 0.6 is 0 Å². The van der Waals surface area contributed by atoms with Crippen molar-refractivity contribution in [1.82, 2.24) is 0 Å². The summed E-state index contributed by atoms with van der Waals surface area (Å²) in [6.45, 7) is 2.09. The molecule has 0 aromatic heterocycles. The molecule has 1 heterocycles. The van der Waals surface area contributed by atoms with Crippen LogP contribution in [0.15, 0.2) is 29.3 Å². The Morgan fingerprint density at radius 2 is 2.21 bits per heavy atom. The minimum atomic E-state index is -0.685. The van der Waals surface area contributed by atoms with Gasteiger partial charge in [-0.25, -0.2) is 9.38 Å². The molecule has 0 aliphatic carbocycles. The Bertz CT molecular complexity index is 391. The van der Waals surface area contributed by atoms with E-state index < -0.39 is 5.54 Å². The van der Waals surface area contributed by atoms with E-state index in [2.05, 4.69) is 4.99 Å². The second kappa shape index (κ2) is 2.97. The number of halogens is 1. The zero-order valence-corrected chi connectivity index (χ0v) is 7.83. The third-order valence-electron chi connectivity index (χ3n) is 2.31. The van der Waals surface area contributed by atoms with Gasteiger partial charge in [0.1, 0.15) is 18.0 Å². The Morgan fingerprint density at radius 3 is 2.79 bits per heavy atom. The maximum absolute atomic E-state index is 13.4. The van der Waals surface area contributed by atoms with Gasteiger partial charge in [0.2, 0.25) is 0 Å². The summed E-state index contributed by atoms with van der Waals surface area (Å²) in [6, 6.07) is 6.64. The van der Waals surface area contributed by atoms with E-state index in [1.807, 2.05) is 0 Å². The Labute approximate surface area is 81.4 Å². The van der Waals surface area contributed by atoms with Gasteiger partial charge in [0.25, 0.3) is 6.02 Å². The lowest BCUT2D eigenvalue weighted by Gasteiger charge is -2.18. The Morgan fingerprint density at radius 1 is 1.50 bits per heavy atom. The first-order valence-electron chi connectivity index (χ1n) is 4.35. The van der Waals surface area contributed by atoms with E-state index in [-0.39, 0.29) is 11.8 Å². The molecule has 1 aliphatic heterocycles. The third-order valence-corrected chi connectivity index (χ3v) is 2.31. The van der Waals surface area contributed by atoms with Crippen molar-refractivity contribution in [3.63, 3.8) is 0 Å². The van der Waals surface area contributed by atoms with E-state index in [0.29, 0.717) is 12.2 Å². The van der Waals surface area contributed by atoms with Crippen LogP contribution in [-0.2, 0) is 10.3 Å². The van der Waals surface area contributed by atoms with E-state index >= 15 is 0 Å². The summed E-state index contributed by atoms with van der Waals surface area (Å²) in [4.78, 5) is 4.08. The van der Waals surface area contributed by atoms with Gasteiger partial charge in [-0.1, -0.05) is 18.2 Å². The first-order chi connectivity index (χ1) is 6.62. The van der Waals surface area contributed by atoms with E-state index in [4.69, 9.17) is 10.5 Å². The van der Waals surface area contributed by atoms with Gasteiger partial charge in [-0.3, -0.25) is 0 Å². The van der Waals surface area contributed by atoms with Crippen LogP contribution in [0.3, 0.4) is 0 Å². The average Bonchev–Trinajstić information content (AvgIpc) is 2.48. The average molecular weight is 194 g/mol. The van der Waals surface area contributed by atoms with Crippen LogP contribution in [0.25, 0.3) is 0 Å². The SMILES string of the molecule is C[C@@]1(c2ccccc2F)COC(N)=N1. The first kappa shape index (κ1) is 8.99. The molecule has 0 radical (unpaired) electrons. The topological polar surface area (TPSA) is 47.6 Å². The van der Waals surface area contributed by atoms with Gasteiger partial charge in [0.05, 0.1) is 0 Å². The molecule has 0 spiro atoms. The summed E-state index contributed by atoms with van der Waals surface area (Å²) in [7, 11) is 0. The lowest BCUT2D eigenvalue weighted by atomic mass is 9.94. The van der Waals surface area contributed by atoms with Gasteiger partial charge in [0.15, 0.2) is 0 Å². The predicted octanol–water partition coefficient (Wildman–Crippen LogP) is 1.39. The number of hydrogen-bond donors (Lipinski definition) is 1. The standard InChI is InChI=1S/C10H11FN2O/c1-10(6-14-9(12)13-10)7-4-2-3-5-8(7)11/h2-5H,6H2,1H3,(H2,12,13)/t10-/m0/s1. The Kier molecular flexibility index (Phi) is 1.91. The molecule has 1 atom stereocenters. The van der Waals surface area contributed by atoms with Crippen molar-refractivity contribution in [2.24, 2.45) is 10.7 Å². The van der Waals surface area contributed by atoms with E-state index in [0.717, 1.165) is 0 Å². The lowest BCUT2D eigenvalue weighted by molar-refractivity contribution is 0.262. The largest absolute Gasteiger partial charge is 0.462 e. The zero-order chi connectivity index (χ0) is 10.2. The fourth-order valence-corrected chi connectivity index (χ4v) is 1.56. The van der Waals surface area contributed by atoms with Crippen LogP contribution < -0.4 is 5.73 Å². The molecule has 0 bridgehead atoms. The van der Waals surface area contributed by atoms with Crippen molar-refractivity contribution < 1.29 is 9.13 Å². The summed E-state index contributed by atoms with van der Waals surface area (Å²) in [5.41, 5.74) is 5.23. The lowest BCUT2D eigenvalue weighted by Crippen LogP contribution is -2.22. The molecule has 1 aromatic carbocycles. The van der Waals surface area contributed by atoms with Crippen molar-refractivity contribution in [3.05, 3.63) is 35.6 Å². The summed E-state index contributed by atoms with van der Waals surface area (Å²) in [5, 5.41) is 0. The van der Waals surface area contributed by atoms with Gasteiger partial charge in [0, 0.05) is 5.56 Å². The molecule has 14 heavy (non-hydrogen) atoms. The number of rotatable bonds is 1. The molecule has 2 rings (SSSR count). The molecule has 1 aromatic rings. The van der Waals surface area contributed by atoms with Crippen molar-refractivity contribution in [2.75, 3.05) is 6.61 Å². The minimum absolute atomic E-state index is 0.121. The van der Waals surface area contributed by atoms with Crippen LogP contribution in [0.2, 0.25) is 0 Å². The van der Waals surface area contributed by atoms with Crippen molar-refractivity contribution >= 4 is 6.02 Å². The summed E-state index contributed by atoms with van der Waals surface area (Å²) in [5.74, 6) is -0.281. The van der Waals surface area contributed by atoms with Crippen LogP contribution in [0.1, 0.15) is 12.5 Å². The van der Waals surface area contributed by atoms with Gasteiger partial charge < -0.3 is 10.5 Å². The number of nitrogens with two attached hydrogens (primary N) is 1. The monoisotopic (exact) mass is 194 g/mol. The maximum atomic E-state index is 13.4. The number of amidine groups is 1. The maximum Gasteiger partial charge on any atom is 0.283 e. The minimum Gasteiger partial charge on any atom is -0.462 e. The highest BCUT2D eigenvalue weighted by Crippen LogP contribution is 2.31. The van der Waals surface area contributed by atoms with E-state index in [1.165, 1.54) is 6.07 Å². The predicted molar refractivity (Wildman–Crippen MR) is 51.3 cm³/mol. The second-order valence-electron chi connectivity index (χ2n) is 3.49. The number of aliphatic imine (C=N–C) groups is 1. The smallest absolute Gasteiger partial charge is 0.283 e. The fourth-order valence-electron chi connectivity index (χ4n) is 1.56. The molecule has 0 amide bonds. The van der Waals surface area contributed by atoms with Crippen molar-refractivity contribution in [1.29, 1.82) is 0 Å². The first-order valence-corrected chi connectivity index (χ1v) is 4.35. The normalized spacial score (nSPS) is 25.7. The second-order valence-corrected chi connectivity index (χ2v) is 3.49. The fraction of sp³-hybridized carbons (Fsp3) is 0.300. The van der Waals surface area contributed by atoms with Crippen LogP contribution in [-0.4, -0.2) is 12.6 Å². The number of ether oxygens (including phenoxy) is 1. The van der Waals surface area contributed by atoms with Gasteiger partial charge >= 0.3 is 0 Å². The number of nitrogens with zero attached hydrogens (tertiary/aromatic N) is 1. The van der Waals surface area contributed by atoms with E-state index in [1.54, 1.807) is 25.1 Å². The molecule has 2 N–H and O–H groups in total. The third kappa shape index (κ3) is 1.32. The molecular weight excluding hydrogens is 183 g/mol. The molecular formula is C10H11FN2O. The molecule has 0 saturated heterocycles. The summed E-state index contributed by atoms with van der Waals surface area (Å²) < 4.78 is 18.5. The number of hydrogen-bond acceptors (Lipinski definition) is 3. The number of benzene rings is 1.